The summed E-state index contributed by atoms with van der Waals surface area (Å²) < 4.78 is 0. The van der Waals surface area contributed by atoms with Gasteiger partial charge in [0.2, 0.25) is 0 Å². The first-order chi connectivity index (χ1) is 10.4. The smallest absolute Gasteiger partial charge is 0.319 e. The van der Waals surface area contributed by atoms with Crippen LogP contribution in [0.1, 0.15) is 44.4 Å². The molecule has 0 saturated carbocycles. The van der Waals surface area contributed by atoms with Crippen LogP contribution in [0.2, 0.25) is 5.15 Å². The molecule has 0 aliphatic rings. The van der Waals surface area contributed by atoms with Crippen molar-refractivity contribution in [3.63, 3.8) is 0 Å². The molecule has 5 nitrogen and oxygen atoms in total. The number of amides is 2. The summed E-state index contributed by atoms with van der Waals surface area (Å²) in [6, 6.07) is 1.56. The molecule has 124 valence electrons. The number of nitrogens with one attached hydrogen (secondary N) is 2. The second kappa shape index (κ2) is 8.34. The number of aliphatic hydroxyl groups is 1. The van der Waals surface area contributed by atoms with Crippen LogP contribution in [-0.4, -0.2) is 29.3 Å². The van der Waals surface area contributed by atoms with E-state index in [1.54, 1.807) is 0 Å². The summed E-state index contributed by atoms with van der Waals surface area (Å²) >= 11 is 6.09. The fourth-order valence-corrected chi connectivity index (χ4v) is 2.88. The van der Waals surface area contributed by atoms with E-state index in [9.17, 15) is 9.90 Å². The molecule has 0 aromatic carbocycles. The van der Waals surface area contributed by atoms with Crippen LogP contribution in [0.4, 0.5) is 10.5 Å². The molecular formula is C16H26ClN3O2. The number of anilines is 1. The molecule has 1 aromatic rings. The summed E-state index contributed by atoms with van der Waals surface area (Å²) in [7, 11) is 0. The molecule has 1 aromatic heterocycles. The number of urea groups is 1. The maximum Gasteiger partial charge on any atom is 0.319 e. The second-order valence-electron chi connectivity index (χ2n) is 5.73. The first-order valence-corrected chi connectivity index (χ1v) is 8.04. The minimum absolute atomic E-state index is 0.0730. The Labute approximate surface area is 137 Å². The Morgan fingerprint density at radius 1 is 1.36 bits per heavy atom. The molecule has 22 heavy (non-hydrogen) atoms. The molecule has 0 atom stereocenters. The molecule has 6 heteroatoms. The number of hydrogen-bond acceptors (Lipinski definition) is 3. The highest BCUT2D eigenvalue weighted by atomic mass is 35.5. The minimum Gasteiger partial charge on any atom is -0.396 e. The molecule has 0 unspecified atom stereocenters. The van der Waals surface area contributed by atoms with Gasteiger partial charge < -0.3 is 15.7 Å². The number of carbonyl (C=O) groups excluding carboxylic acids is 1. The van der Waals surface area contributed by atoms with Crippen molar-refractivity contribution in [1.82, 2.24) is 10.3 Å². The second-order valence-corrected chi connectivity index (χ2v) is 6.09. The average molecular weight is 328 g/mol. The standard InChI is InChI=1S/C16H26ClN3O2/c1-5-16(6-2,7-8-21)10-18-15(22)20-13-11(3)9-12(4)19-14(13)17/h9,21H,5-8,10H2,1-4H3,(H2,18,20,22). The van der Waals surface area contributed by atoms with Crippen LogP contribution < -0.4 is 10.6 Å². The first-order valence-electron chi connectivity index (χ1n) is 7.67. The molecule has 0 bridgehead atoms. The van der Waals surface area contributed by atoms with Gasteiger partial charge in [0.15, 0.2) is 5.15 Å². The third-order valence-electron chi connectivity index (χ3n) is 4.31. The maximum atomic E-state index is 12.1. The van der Waals surface area contributed by atoms with E-state index in [1.807, 2.05) is 19.9 Å². The normalized spacial score (nSPS) is 11.4. The molecule has 1 rings (SSSR count). The van der Waals surface area contributed by atoms with Gasteiger partial charge in [0.1, 0.15) is 0 Å². The molecule has 0 saturated heterocycles. The monoisotopic (exact) mass is 327 g/mol. The zero-order valence-electron chi connectivity index (χ0n) is 13.8. The number of hydrogen-bond donors (Lipinski definition) is 3. The van der Waals surface area contributed by atoms with Gasteiger partial charge in [0, 0.05) is 18.8 Å². The Kier molecular flexibility index (Phi) is 7.10. The van der Waals surface area contributed by atoms with E-state index in [0.717, 1.165) is 24.1 Å². The lowest BCUT2D eigenvalue weighted by Crippen LogP contribution is -2.39. The maximum absolute atomic E-state index is 12.1. The van der Waals surface area contributed by atoms with Gasteiger partial charge in [-0.25, -0.2) is 9.78 Å². The first kappa shape index (κ1) is 18.7. The lowest BCUT2D eigenvalue weighted by atomic mass is 9.79. The number of halogens is 1. The number of nitrogens with zero attached hydrogens (tertiary/aromatic N) is 1. The lowest BCUT2D eigenvalue weighted by molar-refractivity contribution is 0.165. The topological polar surface area (TPSA) is 74.2 Å². The summed E-state index contributed by atoms with van der Waals surface area (Å²) in [5.41, 5.74) is 2.15. The van der Waals surface area contributed by atoms with E-state index in [1.165, 1.54) is 0 Å². The highest BCUT2D eigenvalue weighted by Crippen LogP contribution is 2.29. The summed E-state index contributed by atoms with van der Waals surface area (Å²) in [4.78, 5) is 16.3. The number of aliphatic hydroxyl groups excluding tert-OH is 1. The lowest BCUT2D eigenvalue weighted by Gasteiger charge is -2.31. The third kappa shape index (κ3) is 4.85. The Balaban J connectivity index is 2.71. The van der Waals surface area contributed by atoms with Crippen molar-refractivity contribution in [2.45, 2.75) is 47.0 Å². The SMILES string of the molecule is CCC(CC)(CCO)CNC(=O)Nc1c(C)cc(C)nc1Cl. The van der Waals surface area contributed by atoms with Crippen LogP contribution in [0.25, 0.3) is 0 Å². The molecule has 1 heterocycles. The molecule has 0 radical (unpaired) electrons. The van der Waals surface area contributed by atoms with E-state index in [2.05, 4.69) is 29.5 Å². The summed E-state index contributed by atoms with van der Waals surface area (Å²) in [5.74, 6) is 0. The van der Waals surface area contributed by atoms with Gasteiger partial charge in [-0.2, -0.15) is 0 Å². The third-order valence-corrected chi connectivity index (χ3v) is 4.58. The molecule has 2 amide bonds. The highest BCUT2D eigenvalue weighted by Gasteiger charge is 2.26. The van der Waals surface area contributed by atoms with Crippen molar-refractivity contribution < 1.29 is 9.90 Å². The molecule has 3 N–H and O–H groups in total. The fourth-order valence-electron chi connectivity index (χ4n) is 2.55. The Hall–Kier alpha value is -1.33. The number of pyridine rings is 1. The molecular weight excluding hydrogens is 302 g/mol. The quantitative estimate of drug-likeness (QED) is 0.669. The Morgan fingerprint density at radius 2 is 2.00 bits per heavy atom. The molecule has 0 aliphatic heterocycles. The van der Waals surface area contributed by atoms with Crippen molar-refractivity contribution in [3.05, 3.63) is 22.5 Å². The average Bonchev–Trinajstić information content (AvgIpc) is 2.47. The van der Waals surface area contributed by atoms with Gasteiger partial charge in [-0.15, -0.1) is 0 Å². The van der Waals surface area contributed by atoms with Crippen LogP contribution in [0.15, 0.2) is 6.07 Å². The van der Waals surface area contributed by atoms with Gasteiger partial charge in [-0.05, 0) is 50.2 Å². The van der Waals surface area contributed by atoms with Crippen LogP contribution in [-0.2, 0) is 0 Å². The predicted molar refractivity (Wildman–Crippen MR) is 90.5 cm³/mol. The number of aromatic nitrogens is 1. The van der Waals surface area contributed by atoms with E-state index < -0.39 is 0 Å². The number of rotatable bonds is 7. The van der Waals surface area contributed by atoms with Crippen molar-refractivity contribution in [3.8, 4) is 0 Å². The fraction of sp³-hybridized carbons (Fsp3) is 0.625. The number of aryl methyl sites for hydroxylation is 2. The van der Waals surface area contributed by atoms with Crippen LogP contribution in [0.3, 0.4) is 0 Å². The van der Waals surface area contributed by atoms with E-state index >= 15 is 0 Å². The van der Waals surface area contributed by atoms with Crippen molar-refractivity contribution >= 4 is 23.3 Å². The predicted octanol–water partition coefficient (Wildman–Crippen LogP) is 3.66. The Morgan fingerprint density at radius 3 is 2.50 bits per heavy atom. The molecule has 0 spiro atoms. The zero-order chi connectivity index (χ0) is 16.8. The summed E-state index contributed by atoms with van der Waals surface area (Å²) in [5, 5.41) is 15.1. The van der Waals surface area contributed by atoms with Crippen molar-refractivity contribution in [2.75, 3.05) is 18.5 Å². The highest BCUT2D eigenvalue weighted by molar-refractivity contribution is 6.32. The largest absolute Gasteiger partial charge is 0.396 e. The summed E-state index contributed by atoms with van der Waals surface area (Å²) in [6.45, 7) is 8.52. The van der Waals surface area contributed by atoms with E-state index in [0.29, 0.717) is 23.8 Å². The van der Waals surface area contributed by atoms with Gasteiger partial charge in [0.05, 0.1) is 5.69 Å². The van der Waals surface area contributed by atoms with Crippen LogP contribution in [0.5, 0.6) is 0 Å². The molecule has 0 aliphatic carbocycles. The molecule has 0 fully saturated rings. The van der Waals surface area contributed by atoms with E-state index in [4.69, 9.17) is 11.6 Å². The van der Waals surface area contributed by atoms with Crippen molar-refractivity contribution in [1.29, 1.82) is 0 Å². The summed E-state index contributed by atoms with van der Waals surface area (Å²) in [6.07, 6.45) is 2.47. The van der Waals surface area contributed by atoms with E-state index in [-0.39, 0.29) is 18.1 Å². The van der Waals surface area contributed by atoms with Gasteiger partial charge in [-0.1, -0.05) is 25.4 Å². The minimum atomic E-state index is -0.306. The van der Waals surface area contributed by atoms with Crippen molar-refractivity contribution in [2.24, 2.45) is 5.41 Å². The van der Waals surface area contributed by atoms with Gasteiger partial charge in [0.25, 0.3) is 0 Å². The van der Waals surface area contributed by atoms with Crippen LogP contribution in [0, 0.1) is 19.3 Å². The number of carbonyl (C=O) groups is 1. The zero-order valence-corrected chi connectivity index (χ0v) is 14.5. The van der Waals surface area contributed by atoms with Crippen LogP contribution >= 0.6 is 11.6 Å². The Bertz CT molecular complexity index is 493. The van der Waals surface area contributed by atoms with Gasteiger partial charge in [-0.3, -0.25) is 0 Å². The van der Waals surface area contributed by atoms with Gasteiger partial charge >= 0.3 is 6.03 Å².